The van der Waals surface area contributed by atoms with E-state index in [1.54, 1.807) is 0 Å². The lowest BCUT2D eigenvalue weighted by Gasteiger charge is -2.08. The molecule has 0 unspecified atom stereocenters. The number of sulfonamides is 1. The van der Waals surface area contributed by atoms with Crippen molar-refractivity contribution in [2.45, 2.75) is 23.8 Å². The van der Waals surface area contributed by atoms with Crippen LogP contribution in [0.5, 0.6) is 5.75 Å². The maximum atomic E-state index is 11.1. The molecule has 1 heterocycles. The molecule has 0 saturated heterocycles. The van der Waals surface area contributed by atoms with E-state index >= 15 is 0 Å². The molecule has 2 rings (SSSR count). The van der Waals surface area contributed by atoms with Crippen LogP contribution in [0.3, 0.4) is 0 Å². The number of hydrogen-bond acceptors (Lipinski definition) is 4. The fourth-order valence-electron chi connectivity index (χ4n) is 1.05. The van der Waals surface area contributed by atoms with E-state index in [-0.39, 0.29) is 21.8 Å². The Morgan fingerprint density at radius 3 is 2.67 bits per heavy atom. The van der Waals surface area contributed by atoms with Gasteiger partial charge in [-0.15, -0.1) is 0 Å². The lowest BCUT2D eigenvalue weighted by Crippen LogP contribution is -2.13. The van der Waals surface area contributed by atoms with E-state index in [0.717, 1.165) is 19.0 Å². The summed E-state index contributed by atoms with van der Waals surface area (Å²) >= 11 is 5.84. The van der Waals surface area contributed by atoms with E-state index < -0.39 is 10.0 Å². The molecule has 7 heteroatoms. The third-order valence-corrected chi connectivity index (χ3v) is 3.37. The molecule has 2 N–H and O–H groups in total. The summed E-state index contributed by atoms with van der Waals surface area (Å²) in [6, 6.07) is 0. The van der Waals surface area contributed by atoms with Gasteiger partial charge in [-0.2, -0.15) is 0 Å². The molecule has 15 heavy (non-hydrogen) atoms. The first-order chi connectivity index (χ1) is 6.98. The largest absolute Gasteiger partial charge is 0.487 e. The summed E-state index contributed by atoms with van der Waals surface area (Å²) in [4.78, 5) is 3.52. The van der Waals surface area contributed by atoms with Crippen molar-refractivity contribution in [2.24, 2.45) is 5.14 Å². The molecule has 0 aromatic carbocycles. The van der Waals surface area contributed by atoms with Crippen molar-refractivity contribution in [3.8, 4) is 5.75 Å². The number of halogens is 1. The van der Waals surface area contributed by atoms with Gasteiger partial charge in [0.05, 0.1) is 12.3 Å². The third kappa shape index (κ3) is 2.39. The molecule has 0 aliphatic heterocycles. The first kappa shape index (κ1) is 10.7. The zero-order valence-electron chi connectivity index (χ0n) is 7.68. The van der Waals surface area contributed by atoms with Crippen LogP contribution in [0.4, 0.5) is 0 Å². The number of aromatic nitrogens is 1. The van der Waals surface area contributed by atoms with E-state index in [1.807, 2.05) is 0 Å². The summed E-state index contributed by atoms with van der Waals surface area (Å²) in [5.74, 6) is 0.269. The van der Waals surface area contributed by atoms with Gasteiger partial charge < -0.3 is 4.74 Å². The van der Waals surface area contributed by atoms with Crippen LogP contribution in [0.1, 0.15) is 12.8 Å². The van der Waals surface area contributed by atoms with E-state index in [1.165, 1.54) is 6.20 Å². The molecule has 1 aliphatic carbocycles. The topological polar surface area (TPSA) is 82.3 Å². The van der Waals surface area contributed by atoms with Crippen LogP contribution in [0.25, 0.3) is 0 Å². The van der Waals surface area contributed by atoms with Crippen molar-refractivity contribution in [1.82, 2.24) is 4.98 Å². The molecule has 1 fully saturated rings. The lowest BCUT2D eigenvalue weighted by molar-refractivity contribution is 0.301. The molecular weight excluding hydrogens is 240 g/mol. The minimum Gasteiger partial charge on any atom is -0.487 e. The van der Waals surface area contributed by atoms with Gasteiger partial charge in [0.2, 0.25) is 10.0 Å². The Balaban J connectivity index is 2.40. The van der Waals surface area contributed by atoms with Crippen LogP contribution in [0.15, 0.2) is 17.3 Å². The van der Waals surface area contributed by atoms with Gasteiger partial charge in [-0.3, -0.25) is 4.98 Å². The number of nitrogens with two attached hydrogens (primary N) is 1. The standard InChI is InChI=1S/C8H9ClN2O3S/c9-8-6(14-5-1-2-5)3-11-4-7(8)15(10,12)13/h3-5H,1-2H2,(H2,10,12,13). The number of hydrogen-bond donors (Lipinski definition) is 1. The minimum atomic E-state index is -3.85. The zero-order valence-corrected chi connectivity index (χ0v) is 9.25. The summed E-state index contributed by atoms with van der Waals surface area (Å²) in [7, 11) is -3.85. The van der Waals surface area contributed by atoms with Crippen molar-refractivity contribution < 1.29 is 13.2 Å². The first-order valence-electron chi connectivity index (χ1n) is 4.31. The lowest BCUT2D eigenvalue weighted by atomic mass is 10.4. The van der Waals surface area contributed by atoms with Crippen molar-refractivity contribution in [3.05, 3.63) is 17.4 Å². The quantitative estimate of drug-likeness (QED) is 0.862. The van der Waals surface area contributed by atoms with Gasteiger partial charge in [-0.1, -0.05) is 11.6 Å². The molecule has 1 saturated carbocycles. The Morgan fingerprint density at radius 1 is 1.47 bits per heavy atom. The van der Waals surface area contributed by atoms with E-state index in [4.69, 9.17) is 21.5 Å². The zero-order chi connectivity index (χ0) is 11.1. The van der Waals surface area contributed by atoms with Gasteiger partial charge in [0.25, 0.3) is 0 Å². The van der Waals surface area contributed by atoms with Gasteiger partial charge in [0.15, 0.2) is 5.75 Å². The van der Waals surface area contributed by atoms with Gasteiger partial charge >= 0.3 is 0 Å². The predicted octanol–water partition coefficient (Wildman–Crippen LogP) is 0.924. The molecule has 1 aliphatic rings. The Morgan fingerprint density at radius 2 is 2.13 bits per heavy atom. The maximum Gasteiger partial charge on any atom is 0.241 e. The van der Waals surface area contributed by atoms with E-state index in [2.05, 4.69) is 4.98 Å². The molecule has 0 amide bonds. The molecule has 0 radical (unpaired) electrons. The Labute approximate surface area is 92.3 Å². The summed E-state index contributed by atoms with van der Waals surface area (Å²) in [6.07, 6.45) is 4.53. The van der Waals surface area contributed by atoms with E-state index in [9.17, 15) is 8.42 Å². The van der Waals surface area contributed by atoms with Crippen molar-refractivity contribution in [2.75, 3.05) is 0 Å². The number of ether oxygens (including phenoxy) is 1. The van der Waals surface area contributed by atoms with Gasteiger partial charge in [-0.25, -0.2) is 13.6 Å². The highest BCUT2D eigenvalue weighted by molar-refractivity contribution is 7.89. The SMILES string of the molecule is NS(=O)(=O)c1cncc(OC2CC2)c1Cl. The number of rotatable bonds is 3. The van der Waals surface area contributed by atoms with Crippen molar-refractivity contribution in [3.63, 3.8) is 0 Å². The molecule has 5 nitrogen and oxygen atoms in total. The third-order valence-electron chi connectivity index (χ3n) is 1.94. The normalized spacial score (nSPS) is 16.4. The van der Waals surface area contributed by atoms with Crippen molar-refractivity contribution >= 4 is 21.6 Å². The highest BCUT2D eigenvalue weighted by atomic mass is 35.5. The molecule has 0 spiro atoms. The summed E-state index contributed by atoms with van der Waals surface area (Å²) in [5, 5.41) is 4.96. The fraction of sp³-hybridized carbons (Fsp3) is 0.375. The Kier molecular flexibility index (Phi) is 2.57. The van der Waals surface area contributed by atoms with Crippen LogP contribution in [-0.4, -0.2) is 19.5 Å². The van der Waals surface area contributed by atoms with Gasteiger partial charge in [0, 0.05) is 6.20 Å². The smallest absolute Gasteiger partial charge is 0.241 e. The average molecular weight is 249 g/mol. The summed E-state index contributed by atoms with van der Waals surface area (Å²) < 4.78 is 27.6. The van der Waals surface area contributed by atoms with E-state index in [0.29, 0.717) is 0 Å². The maximum absolute atomic E-state index is 11.1. The van der Waals surface area contributed by atoms with Crippen LogP contribution in [-0.2, 0) is 10.0 Å². The minimum absolute atomic E-state index is 0.000556. The van der Waals surface area contributed by atoms with Crippen LogP contribution in [0, 0.1) is 0 Å². The summed E-state index contributed by atoms with van der Waals surface area (Å²) in [6.45, 7) is 0. The van der Waals surface area contributed by atoms with Crippen LogP contribution in [0.2, 0.25) is 5.02 Å². The van der Waals surface area contributed by atoms with Crippen LogP contribution >= 0.6 is 11.6 Å². The fourth-order valence-corrected chi connectivity index (χ4v) is 2.08. The molecule has 82 valence electrons. The van der Waals surface area contributed by atoms with Crippen LogP contribution < -0.4 is 9.88 Å². The molecule has 0 atom stereocenters. The first-order valence-corrected chi connectivity index (χ1v) is 6.24. The highest BCUT2D eigenvalue weighted by Gasteiger charge is 2.26. The number of pyridine rings is 1. The Hall–Kier alpha value is -0.850. The predicted molar refractivity (Wildman–Crippen MR) is 54.3 cm³/mol. The Bertz CT molecular complexity index is 485. The second-order valence-electron chi connectivity index (χ2n) is 3.31. The summed E-state index contributed by atoms with van der Waals surface area (Å²) in [5.41, 5.74) is 0. The molecule has 0 bridgehead atoms. The second-order valence-corrected chi connectivity index (χ2v) is 5.22. The molecule has 1 aromatic heterocycles. The number of nitrogens with zero attached hydrogens (tertiary/aromatic N) is 1. The average Bonchev–Trinajstić information content (AvgIpc) is 2.90. The van der Waals surface area contributed by atoms with Gasteiger partial charge in [0.1, 0.15) is 9.92 Å². The van der Waals surface area contributed by atoms with Gasteiger partial charge in [-0.05, 0) is 12.8 Å². The van der Waals surface area contributed by atoms with Crippen molar-refractivity contribution in [1.29, 1.82) is 0 Å². The number of primary sulfonamides is 1. The molecule has 1 aromatic rings. The second kappa shape index (κ2) is 3.62. The highest BCUT2D eigenvalue weighted by Crippen LogP contribution is 2.34. The monoisotopic (exact) mass is 248 g/mol. The molecular formula is C8H9ClN2O3S.